The van der Waals surface area contributed by atoms with E-state index < -0.39 is 0 Å². The van der Waals surface area contributed by atoms with Gasteiger partial charge in [0, 0.05) is 17.6 Å². The van der Waals surface area contributed by atoms with Crippen LogP contribution in [0.2, 0.25) is 0 Å². The molecule has 0 radical (unpaired) electrons. The van der Waals surface area contributed by atoms with Gasteiger partial charge in [-0.1, -0.05) is 22.9 Å². The van der Waals surface area contributed by atoms with Crippen LogP contribution in [0.4, 0.5) is 10.5 Å². The lowest BCUT2D eigenvalue weighted by Gasteiger charge is -2.23. The van der Waals surface area contributed by atoms with Crippen LogP contribution >= 0.6 is 15.9 Å². The first-order chi connectivity index (χ1) is 10.5. The highest BCUT2D eigenvalue weighted by atomic mass is 79.9. The summed E-state index contributed by atoms with van der Waals surface area (Å²) in [6.07, 6.45) is 0.845. The Labute approximate surface area is 139 Å². The van der Waals surface area contributed by atoms with Crippen molar-refractivity contribution in [2.24, 2.45) is 0 Å². The number of rotatable bonds is 5. The van der Waals surface area contributed by atoms with Crippen molar-refractivity contribution in [2.75, 3.05) is 31.1 Å². The Bertz CT molecular complexity index is 589. The number of hydrogen-bond donors (Lipinski definition) is 0. The van der Waals surface area contributed by atoms with Crippen LogP contribution in [0.25, 0.3) is 0 Å². The molecular weight excluding hydrogens is 348 g/mol. The van der Waals surface area contributed by atoms with Gasteiger partial charge in [-0.15, -0.1) is 0 Å². The lowest BCUT2D eigenvalue weighted by molar-refractivity contribution is -0.143. The standard InChI is InChI=1S/C16H21BrN2O3/c1-4-12-9-13(17)8-11(3)15(12)19-7-6-18(16(19)21)10-14(20)22-5-2/h8-9H,4-7,10H2,1-3H3. The molecule has 1 heterocycles. The fourth-order valence-electron chi connectivity index (χ4n) is 2.76. The average Bonchev–Trinajstić information content (AvgIpc) is 2.79. The van der Waals surface area contributed by atoms with Crippen molar-refractivity contribution in [1.29, 1.82) is 0 Å². The van der Waals surface area contributed by atoms with Gasteiger partial charge in [-0.3, -0.25) is 9.69 Å². The van der Waals surface area contributed by atoms with Crippen molar-refractivity contribution in [2.45, 2.75) is 27.2 Å². The minimum Gasteiger partial charge on any atom is -0.465 e. The molecule has 22 heavy (non-hydrogen) atoms. The second kappa shape index (κ2) is 7.13. The monoisotopic (exact) mass is 368 g/mol. The topological polar surface area (TPSA) is 49.9 Å². The summed E-state index contributed by atoms with van der Waals surface area (Å²) in [5.74, 6) is -0.360. The molecule has 1 fully saturated rings. The Balaban J connectivity index is 2.22. The van der Waals surface area contributed by atoms with E-state index in [1.807, 2.05) is 19.1 Å². The van der Waals surface area contributed by atoms with Crippen molar-refractivity contribution in [3.05, 3.63) is 27.7 Å². The summed E-state index contributed by atoms with van der Waals surface area (Å²) < 4.78 is 5.93. The third kappa shape index (κ3) is 3.43. The molecule has 2 rings (SSSR count). The van der Waals surface area contributed by atoms with Gasteiger partial charge in [0.25, 0.3) is 0 Å². The van der Waals surface area contributed by atoms with E-state index >= 15 is 0 Å². The van der Waals surface area contributed by atoms with Crippen LogP contribution < -0.4 is 4.90 Å². The minimum atomic E-state index is -0.360. The first kappa shape index (κ1) is 16.8. The van der Waals surface area contributed by atoms with E-state index in [2.05, 4.69) is 22.9 Å². The summed E-state index contributed by atoms with van der Waals surface area (Å²) in [7, 11) is 0. The molecule has 1 aliphatic rings. The van der Waals surface area contributed by atoms with Crippen LogP contribution in [0.15, 0.2) is 16.6 Å². The number of benzene rings is 1. The Morgan fingerprint density at radius 1 is 1.32 bits per heavy atom. The summed E-state index contributed by atoms with van der Waals surface area (Å²) in [5.41, 5.74) is 3.14. The third-order valence-electron chi connectivity index (χ3n) is 3.72. The van der Waals surface area contributed by atoms with E-state index in [0.29, 0.717) is 19.7 Å². The molecule has 0 aliphatic carbocycles. The molecule has 0 spiro atoms. The molecule has 1 aliphatic heterocycles. The first-order valence-corrected chi connectivity index (χ1v) is 8.28. The molecule has 0 unspecified atom stereocenters. The molecule has 1 aromatic rings. The van der Waals surface area contributed by atoms with Gasteiger partial charge in [0.2, 0.25) is 0 Å². The number of ether oxygens (including phenoxy) is 1. The third-order valence-corrected chi connectivity index (χ3v) is 4.17. The van der Waals surface area contributed by atoms with E-state index in [1.54, 1.807) is 16.7 Å². The summed E-state index contributed by atoms with van der Waals surface area (Å²) in [6.45, 7) is 7.30. The summed E-state index contributed by atoms with van der Waals surface area (Å²) in [4.78, 5) is 27.5. The van der Waals surface area contributed by atoms with Gasteiger partial charge in [0.05, 0.1) is 12.3 Å². The molecule has 1 aromatic carbocycles. The van der Waals surface area contributed by atoms with Crippen LogP contribution in [-0.2, 0) is 16.0 Å². The fourth-order valence-corrected chi connectivity index (χ4v) is 3.38. The summed E-state index contributed by atoms with van der Waals surface area (Å²) in [6, 6.07) is 3.92. The van der Waals surface area contributed by atoms with Crippen LogP contribution in [-0.4, -0.2) is 43.1 Å². The van der Waals surface area contributed by atoms with Crippen LogP contribution in [0, 0.1) is 6.92 Å². The number of carbonyl (C=O) groups excluding carboxylic acids is 2. The fraction of sp³-hybridized carbons (Fsp3) is 0.500. The number of urea groups is 1. The van der Waals surface area contributed by atoms with Gasteiger partial charge >= 0.3 is 12.0 Å². The van der Waals surface area contributed by atoms with E-state index in [4.69, 9.17) is 4.74 Å². The Hall–Kier alpha value is -1.56. The normalized spacial score (nSPS) is 14.6. The van der Waals surface area contributed by atoms with Crippen molar-refractivity contribution >= 4 is 33.6 Å². The summed E-state index contributed by atoms with van der Waals surface area (Å²) >= 11 is 3.50. The maximum Gasteiger partial charge on any atom is 0.325 e. The van der Waals surface area contributed by atoms with Crippen molar-refractivity contribution in [3.63, 3.8) is 0 Å². The molecule has 120 valence electrons. The van der Waals surface area contributed by atoms with Crippen molar-refractivity contribution in [1.82, 2.24) is 4.90 Å². The van der Waals surface area contributed by atoms with Gasteiger partial charge in [-0.2, -0.15) is 0 Å². The molecule has 6 heteroatoms. The number of hydrogen-bond acceptors (Lipinski definition) is 3. The second-order valence-corrected chi connectivity index (χ2v) is 6.16. The lowest BCUT2D eigenvalue weighted by Crippen LogP contribution is -2.36. The molecular formula is C16H21BrN2O3. The number of amides is 2. The highest BCUT2D eigenvalue weighted by Crippen LogP contribution is 2.32. The van der Waals surface area contributed by atoms with E-state index in [-0.39, 0.29) is 18.5 Å². The molecule has 1 saturated heterocycles. The predicted octanol–water partition coefficient (Wildman–Crippen LogP) is 3.13. The predicted molar refractivity (Wildman–Crippen MR) is 89.2 cm³/mol. The first-order valence-electron chi connectivity index (χ1n) is 7.49. The number of esters is 1. The molecule has 5 nitrogen and oxygen atoms in total. The van der Waals surface area contributed by atoms with E-state index in [0.717, 1.165) is 27.7 Å². The quantitative estimate of drug-likeness (QED) is 0.750. The lowest BCUT2D eigenvalue weighted by atomic mass is 10.0. The highest BCUT2D eigenvalue weighted by molar-refractivity contribution is 9.10. The highest BCUT2D eigenvalue weighted by Gasteiger charge is 2.33. The van der Waals surface area contributed by atoms with Gasteiger partial charge in [0.1, 0.15) is 6.54 Å². The largest absolute Gasteiger partial charge is 0.465 e. The molecule has 0 bridgehead atoms. The average molecular weight is 369 g/mol. The van der Waals surface area contributed by atoms with Gasteiger partial charge in [-0.25, -0.2) is 4.79 Å². The zero-order chi connectivity index (χ0) is 16.3. The number of halogens is 1. The Morgan fingerprint density at radius 2 is 2.05 bits per heavy atom. The SMILES string of the molecule is CCOC(=O)CN1CCN(c2c(C)cc(Br)cc2CC)C1=O. The molecule has 2 amide bonds. The molecule has 0 atom stereocenters. The van der Waals surface area contributed by atoms with Crippen molar-refractivity contribution < 1.29 is 14.3 Å². The molecule has 0 saturated carbocycles. The maximum atomic E-state index is 12.6. The Kier molecular flexibility index (Phi) is 5.45. The van der Waals surface area contributed by atoms with Crippen LogP contribution in [0.3, 0.4) is 0 Å². The molecule has 0 N–H and O–H groups in total. The van der Waals surface area contributed by atoms with Gasteiger partial charge < -0.3 is 9.64 Å². The van der Waals surface area contributed by atoms with E-state index in [1.165, 1.54) is 0 Å². The number of anilines is 1. The maximum absolute atomic E-state index is 12.6. The number of nitrogens with zero attached hydrogens (tertiary/aromatic N) is 2. The summed E-state index contributed by atoms with van der Waals surface area (Å²) in [5, 5.41) is 0. The van der Waals surface area contributed by atoms with Gasteiger partial charge in [0.15, 0.2) is 0 Å². The number of aryl methyl sites for hydroxylation is 2. The zero-order valence-electron chi connectivity index (χ0n) is 13.2. The van der Waals surface area contributed by atoms with Crippen LogP contribution in [0.1, 0.15) is 25.0 Å². The van der Waals surface area contributed by atoms with Gasteiger partial charge in [-0.05, 0) is 43.5 Å². The van der Waals surface area contributed by atoms with Crippen LogP contribution in [0.5, 0.6) is 0 Å². The molecule has 0 aromatic heterocycles. The van der Waals surface area contributed by atoms with Crippen molar-refractivity contribution in [3.8, 4) is 0 Å². The minimum absolute atomic E-state index is 0.0141. The zero-order valence-corrected chi connectivity index (χ0v) is 14.8. The second-order valence-electron chi connectivity index (χ2n) is 5.24. The number of carbonyl (C=O) groups is 2. The van der Waals surface area contributed by atoms with E-state index in [9.17, 15) is 9.59 Å². The Morgan fingerprint density at radius 3 is 2.68 bits per heavy atom. The smallest absolute Gasteiger partial charge is 0.325 e.